The monoisotopic (exact) mass is 324 g/mol. The van der Waals surface area contributed by atoms with Gasteiger partial charge in [-0.1, -0.05) is 6.07 Å². The first-order valence-electron chi connectivity index (χ1n) is 7.49. The van der Waals surface area contributed by atoms with Crippen molar-refractivity contribution in [3.63, 3.8) is 0 Å². The van der Waals surface area contributed by atoms with E-state index in [0.717, 1.165) is 5.56 Å². The molecule has 0 spiro atoms. The number of aliphatic hydroxyl groups excluding tert-OH is 2. The Labute approximate surface area is 135 Å². The fourth-order valence-electron chi connectivity index (χ4n) is 1.74. The molecule has 0 saturated carbocycles. The molecule has 4 amide bonds. The standard InChI is InChI=1S/C15H24N4O4/c1-11-4-5-12(18-14(22)16-6-2-8-20)10-13(11)19-15(23)17-7-3-9-21/h4-5,10,20-21H,2-3,6-9H2,1H3,(H2,16,18,22)(H2,17,19,23). The molecule has 8 heteroatoms. The van der Waals surface area contributed by atoms with Gasteiger partial charge in [-0.25, -0.2) is 9.59 Å². The van der Waals surface area contributed by atoms with Crippen LogP contribution in [0.2, 0.25) is 0 Å². The van der Waals surface area contributed by atoms with Gasteiger partial charge in [0.05, 0.1) is 0 Å². The number of anilines is 2. The van der Waals surface area contributed by atoms with Crippen LogP contribution in [-0.2, 0) is 0 Å². The first-order valence-corrected chi connectivity index (χ1v) is 7.49. The Morgan fingerprint density at radius 1 is 0.957 bits per heavy atom. The maximum absolute atomic E-state index is 11.7. The van der Waals surface area contributed by atoms with Gasteiger partial charge in [-0.2, -0.15) is 0 Å². The molecule has 0 aliphatic carbocycles. The van der Waals surface area contributed by atoms with E-state index in [1.807, 2.05) is 6.92 Å². The smallest absolute Gasteiger partial charge is 0.319 e. The number of amides is 4. The zero-order chi connectivity index (χ0) is 17.1. The lowest BCUT2D eigenvalue weighted by atomic mass is 10.2. The lowest BCUT2D eigenvalue weighted by Gasteiger charge is -2.12. The van der Waals surface area contributed by atoms with Crippen LogP contribution in [0.4, 0.5) is 21.0 Å². The van der Waals surface area contributed by atoms with Gasteiger partial charge in [0, 0.05) is 37.7 Å². The van der Waals surface area contributed by atoms with Crippen molar-refractivity contribution in [2.75, 3.05) is 36.9 Å². The topological polar surface area (TPSA) is 123 Å². The number of benzene rings is 1. The summed E-state index contributed by atoms with van der Waals surface area (Å²) < 4.78 is 0. The van der Waals surface area contributed by atoms with Crippen molar-refractivity contribution in [3.05, 3.63) is 23.8 Å². The van der Waals surface area contributed by atoms with Crippen molar-refractivity contribution in [1.29, 1.82) is 0 Å². The zero-order valence-corrected chi connectivity index (χ0v) is 13.2. The molecule has 128 valence electrons. The van der Waals surface area contributed by atoms with Crippen molar-refractivity contribution >= 4 is 23.4 Å². The van der Waals surface area contributed by atoms with Crippen LogP contribution in [0, 0.1) is 6.92 Å². The fraction of sp³-hybridized carbons (Fsp3) is 0.467. The van der Waals surface area contributed by atoms with E-state index < -0.39 is 0 Å². The maximum Gasteiger partial charge on any atom is 0.319 e. The van der Waals surface area contributed by atoms with Gasteiger partial charge in [0.25, 0.3) is 0 Å². The Balaban J connectivity index is 2.57. The van der Waals surface area contributed by atoms with Crippen LogP contribution in [0.15, 0.2) is 18.2 Å². The summed E-state index contributed by atoms with van der Waals surface area (Å²) in [4.78, 5) is 23.4. The normalized spacial score (nSPS) is 10.0. The van der Waals surface area contributed by atoms with Crippen molar-refractivity contribution < 1.29 is 19.8 Å². The predicted molar refractivity (Wildman–Crippen MR) is 88.6 cm³/mol. The Morgan fingerprint density at radius 3 is 2.09 bits per heavy atom. The molecule has 0 unspecified atom stereocenters. The molecule has 0 saturated heterocycles. The van der Waals surface area contributed by atoms with E-state index in [0.29, 0.717) is 37.3 Å². The third-order valence-corrected chi connectivity index (χ3v) is 2.98. The number of carbonyl (C=O) groups is 2. The Morgan fingerprint density at radius 2 is 1.52 bits per heavy atom. The highest BCUT2D eigenvalue weighted by atomic mass is 16.3. The van der Waals surface area contributed by atoms with Crippen LogP contribution in [0.3, 0.4) is 0 Å². The number of carbonyl (C=O) groups excluding carboxylic acids is 2. The summed E-state index contributed by atoms with van der Waals surface area (Å²) in [6, 6.07) is 4.43. The fourth-order valence-corrected chi connectivity index (χ4v) is 1.74. The minimum Gasteiger partial charge on any atom is -0.396 e. The summed E-state index contributed by atoms with van der Waals surface area (Å²) in [6.07, 6.45) is 0.976. The average Bonchev–Trinajstić information content (AvgIpc) is 2.51. The molecule has 1 rings (SSSR count). The van der Waals surface area contributed by atoms with E-state index in [1.165, 1.54) is 0 Å². The van der Waals surface area contributed by atoms with Gasteiger partial charge in [-0.3, -0.25) is 0 Å². The van der Waals surface area contributed by atoms with Gasteiger partial charge in [-0.15, -0.1) is 0 Å². The van der Waals surface area contributed by atoms with Crippen LogP contribution < -0.4 is 21.3 Å². The highest BCUT2D eigenvalue weighted by molar-refractivity contribution is 5.93. The molecule has 0 aliphatic heterocycles. The molecule has 6 N–H and O–H groups in total. The van der Waals surface area contributed by atoms with Crippen molar-refractivity contribution in [1.82, 2.24) is 10.6 Å². The van der Waals surface area contributed by atoms with Crippen LogP contribution in [0.5, 0.6) is 0 Å². The number of nitrogens with one attached hydrogen (secondary N) is 4. The summed E-state index contributed by atoms with van der Waals surface area (Å²) in [5, 5.41) is 27.9. The second-order valence-electron chi connectivity index (χ2n) is 4.95. The van der Waals surface area contributed by atoms with Crippen molar-refractivity contribution in [2.45, 2.75) is 19.8 Å². The summed E-state index contributed by atoms with van der Waals surface area (Å²) in [5.41, 5.74) is 1.98. The molecule has 0 bridgehead atoms. The van der Waals surface area contributed by atoms with Gasteiger partial charge < -0.3 is 31.5 Å². The summed E-state index contributed by atoms with van der Waals surface area (Å²) in [7, 11) is 0. The Hall–Kier alpha value is -2.32. The minimum atomic E-state index is -0.374. The molecule has 1 aromatic carbocycles. The van der Waals surface area contributed by atoms with Crippen molar-refractivity contribution in [3.8, 4) is 0 Å². The lowest BCUT2D eigenvalue weighted by Crippen LogP contribution is -2.31. The molecule has 8 nitrogen and oxygen atoms in total. The van der Waals surface area contributed by atoms with Crippen LogP contribution in [0.1, 0.15) is 18.4 Å². The van der Waals surface area contributed by atoms with Crippen molar-refractivity contribution in [2.24, 2.45) is 0 Å². The van der Waals surface area contributed by atoms with Gasteiger partial charge in [0.2, 0.25) is 0 Å². The molecule has 0 radical (unpaired) electrons. The molecule has 0 atom stereocenters. The third-order valence-electron chi connectivity index (χ3n) is 2.98. The Kier molecular flexibility index (Phi) is 8.48. The second-order valence-corrected chi connectivity index (χ2v) is 4.95. The predicted octanol–water partition coefficient (Wildman–Crippen LogP) is 1.00. The molecular formula is C15H24N4O4. The molecule has 0 fully saturated rings. The van der Waals surface area contributed by atoms with Gasteiger partial charge >= 0.3 is 12.1 Å². The molecule has 0 heterocycles. The summed E-state index contributed by atoms with van der Waals surface area (Å²) in [5.74, 6) is 0. The number of hydrogen-bond donors (Lipinski definition) is 6. The van der Waals surface area contributed by atoms with E-state index in [9.17, 15) is 9.59 Å². The number of aliphatic hydroxyl groups is 2. The first-order chi connectivity index (χ1) is 11.1. The highest BCUT2D eigenvalue weighted by Gasteiger charge is 2.07. The van der Waals surface area contributed by atoms with E-state index in [4.69, 9.17) is 10.2 Å². The first kappa shape index (κ1) is 18.7. The molecule has 1 aromatic rings. The average molecular weight is 324 g/mol. The largest absolute Gasteiger partial charge is 0.396 e. The van der Waals surface area contributed by atoms with Gasteiger partial charge in [-0.05, 0) is 37.5 Å². The molecule has 23 heavy (non-hydrogen) atoms. The highest BCUT2D eigenvalue weighted by Crippen LogP contribution is 2.20. The maximum atomic E-state index is 11.7. The number of aryl methyl sites for hydroxylation is 1. The summed E-state index contributed by atoms with van der Waals surface area (Å²) in [6.45, 7) is 2.64. The SMILES string of the molecule is Cc1ccc(NC(=O)NCCCO)cc1NC(=O)NCCCO. The summed E-state index contributed by atoms with van der Waals surface area (Å²) >= 11 is 0. The third kappa shape index (κ3) is 7.48. The number of rotatable bonds is 8. The quantitative estimate of drug-likeness (QED) is 0.399. The molecular weight excluding hydrogens is 300 g/mol. The molecule has 0 aromatic heterocycles. The van der Waals surface area contributed by atoms with Crippen LogP contribution in [-0.4, -0.2) is 48.6 Å². The molecule has 0 aliphatic rings. The number of urea groups is 2. The minimum absolute atomic E-state index is 0.0180. The lowest BCUT2D eigenvalue weighted by molar-refractivity contribution is 0.248. The van der Waals surface area contributed by atoms with Crippen LogP contribution >= 0.6 is 0 Å². The van der Waals surface area contributed by atoms with E-state index in [1.54, 1.807) is 18.2 Å². The van der Waals surface area contributed by atoms with Crippen LogP contribution in [0.25, 0.3) is 0 Å². The second kappa shape index (κ2) is 10.4. The Bertz CT molecular complexity index is 522. The van der Waals surface area contributed by atoms with Gasteiger partial charge in [0.15, 0.2) is 0 Å². The van der Waals surface area contributed by atoms with E-state index in [2.05, 4.69) is 21.3 Å². The number of hydrogen-bond acceptors (Lipinski definition) is 4. The van der Waals surface area contributed by atoms with Gasteiger partial charge in [0.1, 0.15) is 0 Å². The van der Waals surface area contributed by atoms with E-state index >= 15 is 0 Å². The van der Waals surface area contributed by atoms with E-state index in [-0.39, 0.29) is 25.3 Å². The zero-order valence-electron chi connectivity index (χ0n) is 13.2.